The third-order valence-electron chi connectivity index (χ3n) is 1.47. The van der Waals surface area contributed by atoms with Crippen LogP contribution in [0, 0.1) is 6.42 Å². The van der Waals surface area contributed by atoms with Crippen LogP contribution in [0.2, 0.25) is 0 Å². The molecule has 1 amide bonds. The summed E-state index contributed by atoms with van der Waals surface area (Å²) in [6.07, 6.45) is 4.24. The molecule has 1 N–H and O–H groups in total. The van der Waals surface area contributed by atoms with Crippen molar-refractivity contribution in [1.82, 2.24) is 5.32 Å². The Hall–Kier alpha value is -0.570. The van der Waals surface area contributed by atoms with Crippen LogP contribution < -0.4 is 5.32 Å². The molecule has 0 aromatic heterocycles. The first-order valence-electron chi connectivity index (χ1n) is 3.38. The molecule has 1 aliphatic rings. The number of likely N-dealkylation sites (N-methyl/N-ethyl adjacent to an activating group) is 1. The van der Waals surface area contributed by atoms with E-state index in [-0.39, 0.29) is 12.0 Å². The monoisotopic (exact) mass is 141 g/mol. The van der Waals surface area contributed by atoms with Crippen molar-refractivity contribution in [2.75, 3.05) is 13.7 Å². The van der Waals surface area contributed by atoms with Gasteiger partial charge in [0.05, 0.1) is 0 Å². The zero-order valence-corrected chi connectivity index (χ0v) is 6.02. The van der Waals surface area contributed by atoms with E-state index < -0.39 is 0 Å². The van der Waals surface area contributed by atoms with Crippen LogP contribution in [-0.4, -0.2) is 25.7 Å². The third-order valence-corrected chi connectivity index (χ3v) is 1.47. The summed E-state index contributed by atoms with van der Waals surface area (Å²) >= 11 is 0. The van der Waals surface area contributed by atoms with Gasteiger partial charge in [-0.2, -0.15) is 0 Å². The lowest BCUT2D eigenvalue weighted by molar-refractivity contribution is -0.133. The van der Waals surface area contributed by atoms with Gasteiger partial charge in [-0.05, 0) is 19.3 Å². The molecule has 1 aliphatic heterocycles. The van der Waals surface area contributed by atoms with Crippen molar-refractivity contribution in [3.63, 3.8) is 0 Å². The molecule has 0 bridgehead atoms. The van der Waals surface area contributed by atoms with Gasteiger partial charge in [0.2, 0.25) is 5.91 Å². The van der Waals surface area contributed by atoms with Crippen molar-refractivity contribution in [3.8, 4) is 0 Å². The predicted octanol–water partition coefficient (Wildman–Crippen LogP) is -0.00731. The Morgan fingerprint density at radius 3 is 3.10 bits per heavy atom. The molecule has 2 radical (unpaired) electrons. The number of amides is 1. The fourth-order valence-electron chi connectivity index (χ4n) is 0.895. The van der Waals surface area contributed by atoms with Gasteiger partial charge in [-0.1, -0.05) is 0 Å². The SMILES string of the molecule is CNC(=O)C1C[C]CCO1. The van der Waals surface area contributed by atoms with Crippen molar-refractivity contribution in [3.05, 3.63) is 6.42 Å². The first-order valence-corrected chi connectivity index (χ1v) is 3.38. The smallest absolute Gasteiger partial charge is 0.248 e. The van der Waals surface area contributed by atoms with Crippen molar-refractivity contribution < 1.29 is 9.53 Å². The van der Waals surface area contributed by atoms with Crippen molar-refractivity contribution >= 4 is 5.91 Å². The summed E-state index contributed by atoms with van der Waals surface area (Å²) in [4.78, 5) is 10.9. The van der Waals surface area contributed by atoms with Gasteiger partial charge in [-0.3, -0.25) is 4.79 Å². The number of rotatable bonds is 1. The summed E-state index contributed by atoms with van der Waals surface area (Å²) in [5, 5.41) is 2.53. The van der Waals surface area contributed by atoms with Crippen molar-refractivity contribution in [2.24, 2.45) is 0 Å². The molecule has 1 atom stereocenters. The molecule has 1 unspecified atom stereocenters. The average Bonchev–Trinajstić information content (AvgIpc) is 2.05. The summed E-state index contributed by atoms with van der Waals surface area (Å²) in [7, 11) is 1.61. The van der Waals surface area contributed by atoms with Gasteiger partial charge in [-0.25, -0.2) is 0 Å². The molecule has 1 fully saturated rings. The molecule has 56 valence electrons. The predicted molar refractivity (Wildman–Crippen MR) is 36.3 cm³/mol. The van der Waals surface area contributed by atoms with Gasteiger partial charge in [0.15, 0.2) is 0 Å². The topological polar surface area (TPSA) is 38.3 Å². The molecule has 0 aliphatic carbocycles. The maximum Gasteiger partial charge on any atom is 0.248 e. The minimum Gasteiger partial charge on any atom is -0.368 e. The number of ether oxygens (including phenoxy) is 1. The lowest BCUT2D eigenvalue weighted by atomic mass is 10.1. The maximum absolute atomic E-state index is 10.9. The van der Waals surface area contributed by atoms with Crippen LogP contribution in [-0.2, 0) is 9.53 Å². The number of hydrogen-bond donors (Lipinski definition) is 1. The Morgan fingerprint density at radius 1 is 1.80 bits per heavy atom. The zero-order valence-electron chi connectivity index (χ0n) is 6.02. The van der Waals surface area contributed by atoms with Gasteiger partial charge in [0.25, 0.3) is 0 Å². The van der Waals surface area contributed by atoms with Gasteiger partial charge >= 0.3 is 0 Å². The number of carbonyl (C=O) groups is 1. The van der Waals surface area contributed by atoms with E-state index in [4.69, 9.17) is 4.74 Å². The van der Waals surface area contributed by atoms with E-state index in [1.165, 1.54) is 0 Å². The van der Waals surface area contributed by atoms with Crippen LogP contribution in [0.3, 0.4) is 0 Å². The highest BCUT2D eigenvalue weighted by molar-refractivity contribution is 5.80. The van der Waals surface area contributed by atoms with Crippen LogP contribution in [0.25, 0.3) is 0 Å². The second-order valence-electron chi connectivity index (χ2n) is 2.18. The largest absolute Gasteiger partial charge is 0.368 e. The molecule has 0 saturated carbocycles. The van der Waals surface area contributed by atoms with Crippen LogP contribution in [0.4, 0.5) is 0 Å². The quantitative estimate of drug-likeness (QED) is 0.558. The molecule has 0 aromatic carbocycles. The van der Waals surface area contributed by atoms with Crippen LogP contribution in [0.15, 0.2) is 0 Å². The molecular weight excluding hydrogens is 130 g/mol. The Morgan fingerprint density at radius 2 is 2.60 bits per heavy atom. The zero-order chi connectivity index (χ0) is 7.40. The first-order chi connectivity index (χ1) is 4.84. The van der Waals surface area contributed by atoms with Gasteiger partial charge in [-0.15, -0.1) is 0 Å². The lowest BCUT2D eigenvalue weighted by Crippen LogP contribution is -2.36. The van der Waals surface area contributed by atoms with Gasteiger partial charge in [0, 0.05) is 13.7 Å². The van der Waals surface area contributed by atoms with Gasteiger partial charge in [0.1, 0.15) is 6.10 Å². The average molecular weight is 141 g/mol. The van der Waals surface area contributed by atoms with E-state index in [1.54, 1.807) is 7.05 Å². The fraction of sp³-hybridized carbons (Fsp3) is 0.714. The Labute approximate surface area is 60.7 Å². The Bertz CT molecular complexity index is 119. The van der Waals surface area contributed by atoms with E-state index in [2.05, 4.69) is 11.7 Å². The normalized spacial score (nSPS) is 25.9. The van der Waals surface area contributed by atoms with E-state index in [0.29, 0.717) is 13.0 Å². The summed E-state index contributed by atoms with van der Waals surface area (Å²) in [5.74, 6) is -0.0489. The molecule has 10 heavy (non-hydrogen) atoms. The summed E-state index contributed by atoms with van der Waals surface area (Å²) in [6.45, 7) is 0.623. The third kappa shape index (κ3) is 1.70. The maximum atomic E-state index is 10.9. The lowest BCUT2D eigenvalue weighted by Gasteiger charge is -2.19. The minimum absolute atomic E-state index is 0.0489. The van der Waals surface area contributed by atoms with Gasteiger partial charge < -0.3 is 10.1 Å². The fourth-order valence-corrected chi connectivity index (χ4v) is 0.895. The molecule has 1 heterocycles. The molecule has 3 heteroatoms. The second kappa shape index (κ2) is 3.56. The summed E-state index contributed by atoms with van der Waals surface area (Å²) < 4.78 is 5.16. The minimum atomic E-state index is -0.293. The standard InChI is InChI=1S/C7H11NO2/c1-8-7(9)6-4-2-3-5-10-6/h6H,3-5H2,1H3,(H,8,9). The van der Waals surface area contributed by atoms with Crippen molar-refractivity contribution in [2.45, 2.75) is 18.9 Å². The molecular formula is C7H11NO2. The summed E-state index contributed by atoms with van der Waals surface area (Å²) in [6, 6.07) is 0. The second-order valence-corrected chi connectivity index (χ2v) is 2.18. The molecule has 3 nitrogen and oxygen atoms in total. The summed E-state index contributed by atoms with van der Waals surface area (Å²) in [5.41, 5.74) is 0. The first kappa shape index (κ1) is 7.54. The Kier molecular flexibility index (Phi) is 2.68. The van der Waals surface area contributed by atoms with E-state index in [9.17, 15) is 4.79 Å². The highest BCUT2D eigenvalue weighted by Crippen LogP contribution is 2.10. The van der Waals surface area contributed by atoms with E-state index >= 15 is 0 Å². The molecule has 1 rings (SSSR count). The van der Waals surface area contributed by atoms with Crippen LogP contribution >= 0.6 is 0 Å². The number of nitrogens with one attached hydrogen (secondary N) is 1. The van der Waals surface area contributed by atoms with Crippen molar-refractivity contribution in [1.29, 1.82) is 0 Å². The molecule has 0 aromatic rings. The number of hydrogen-bond acceptors (Lipinski definition) is 2. The molecule has 1 saturated heterocycles. The van der Waals surface area contributed by atoms with Crippen LogP contribution in [0.5, 0.6) is 0 Å². The highest BCUT2D eigenvalue weighted by atomic mass is 16.5. The van der Waals surface area contributed by atoms with E-state index in [1.807, 2.05) is 0 Å². The number of carbonyl (C=O) groups excluding carboxylic acids is 1. The van der Waals surface area contributed by atoms with E-state index in [0.717, 1.165) is 6.42 Å². The Balaban J connectivity index is 2.31. The highest BCUT2D eigenvalue weighted by Gasteiger charge is 2.20. The molecule has 0 spiro atoms. The van der Waals surface area contributed by atoms with Crippen LogP contribution in [0.1, 0.15) is 12.8 Å².